The summed E-state index contributed by atoms with van der Waals surface area (Å²) in [6.07, 6.45) is -1.25. The second kappa shape index (κ2) is 6.07. The van der Waals surface area contributed by atoms with Crippen molar-refractivity contribution < 1.29 is 34.4 Å². The fourth-order valence-corrected chi connectivity index (χ4v) is 4.07. The molecule has 2 unspecified atom stereocenters. The second-order valence-electron chi connectivity index (χ2n) is 6.70. The van der Waals surface area contributed by atoms with Gasteiger partial charge < -0.3 is 24.8 Å². The van der Waals surface area contributed by atoms with Gasteiger partial charge in [-0.1, -0.05) is 12.1 Å². The average molecular weight is 370 g/mol. The third-order valence-corrected chi connectivity index (χ3v) is 5.29. The Hall–Kier alpha value is -2.90. The van der Waals surface area contributed by atoms with Crippen LogP contribution in [0.25, 0.3) is 0 Å². The number of aromatic hydroxyl groups is 2. The molecule has 2 aliphatic rings. The zero-order valence-electron chi connectivity index (χ0n) is 14.8. The highest BCUT2D eigenvalue weighted by molar-refractivity contribution is 6.31. The largest absolute Gasteiger partial charge is 0.507 e. The van der Waals surface area contributed by atoms with Gasteiger partial charge in [-0.05, 0) is 6.07 Å². The third kappa shape index (κ3) is 2.28. The number of aliphatic hydroxyl groups excluding tert-OH is 1. The number of ether oxygens (including phenoxy) is 2. The number of phenols is 2. The number of ketones is 2. The Balaban J connectivity index is 2.06. The van der Waals surface area contributed by atoms with Gasteiger partial charge in [0.1, 0.15) is 17.2 Å². The van der Waals surface area contributed by atoms with E-state index in [9.17, 15) is 24.9 Å². The fraction of sp³-hybridized carbons (Fsp3) is 0.300. The fourth-order valence-electron chi connectivity index (χ4n) is 4.07. The smallest absolute Gasteiger partial charge is 0.202 e. The summed E-state index contributed by atoms with van der Waals surface area (Å²) >= 11 is 0. The minimum atomic E-state index is -0.799. The predicted octanol–water partition coefficient (Wildman–Crippen LogP) is 1.88. The molecule has 140 valence electrons. The summed E-state index contributed by atoms with van der Waals surface area (Å²) in [6, 6.07) is 4.61. The number of hydrogen-bond donors (Lipinski definition) is 3. The lowest BCUT2D eigenvalue weighted by molar-refractivity contribution is 0.0318. The molecule has 0 spiro atoms. The van der Waals surface area contributed by atoms with Crippen LogP contribution >= 0.6 is 0 Å². The first-order valence-corrected chi connectivity index (χ1v) is 8.48. The van der Waals surface area contributed by atoms with Gasteiger partial charge >= 0.3 is 0 Å². The van der Waals surface area contributed by atoms with Gasteiger partial charge in [0.25, 0.3) is 0 Å². The molecule has 3 N–H and O–H groups in total. The number of carbonyl (C=O) groups is 2. The zero-order chi connectivity index (χ0) is 19.5. The van der Waals surface area contributed by atoms with Gasteiger partial charge in [-0.3, -0.25) is 9.59 Å². The van der Waals surface area contributed by atoms with E-state index < -0.39 is 35.3 Å². The van der Waals surface area contributed by atoms with E-state index in [2.05, 4.69) is 0 Å². The van der Waals surface area contributed by atoms with Gasteiger partial charge in [-0.15, -0.1) is 0 Å². The Bertz CT molecular complexity index is 993. The van der Waals surface area contributed by atoms with Crippen LogP contribution in [0.3, 0.4) is 0 Å². The van der Waals surface area contributed by atoms with Crippen LogP contribution in [-0.4, -0.2) is 47.2 Å². The molecule has 0 saturated carbocycles. The minimum Gasteiger partial charge on any atom is -0.507 e. The molecule has 0 aromatic heterocycles. The van der Waals surface area contributed by atoms with Crippen molar-refractivity contribution in [3.05, 3.63) is 51.6 Å². The van der Waals surface area contributed by atoms with Crippen LogP contribution in [0.1, 0.15) is 55.5 Å². The molecule has 0 saturated heterocycles. The van der Waals surface area contributed by atoms with Crippen molar-refractivity contribution >= 4 is 11.6 Å². The van der Waals surface area contributed by atoms with Gasteiger partial charge in [0.15, 0.2) is 5.78 Å². The highest BCUT2D eigenvalue weighted by atomic mass is 16.5. The van der Waals surface area contributed by atoms with Crippen molar-refractivity contribution in [2.24, 2.45) is 0 Å². The maximum atomic E-state index is 13.2. The first-order valence-electron chi connectivity index (χ1n) is 8.48. The van der Waals surface area contributed by atoms with Gasteiger partial charge in [0.2, 0.25) is 5.78 Å². The normalized spacial score (nSPS) is 20.7. The summed E-state index contributed by atoms with van der Waals surface area (Å²) in [6.45, 7) is 0. The van der Waals surface area contributed by atoms with Crippen molar-refractivity contribution in [2.75, 3.05) is 14.2 Å². The van der Waals surface area contributed by atoms with Gasteiger partial charge in [-0.2, -0.15) is 0 Å². The van der Waals surface area contributed by atoms with Crippen LogP contribution in [0.2, 0.25) is 0 Å². The zero-order valence-corrected chi connectivity index (χ0v) is 14.8. The monoisotopic (exact) mass is 370 g/mol. The molecule has 4 rings (SSSR count). The molecular formula is C20H18O7. The van der Waals surface area contributed by atoms with E-state index in [0.29, 0.717) is 0 Å². The number of phenolic OH excluding ortho intramolecular Hbond substituents is 2. The van der Waals surface area contributed by atoms with E-state index in [1.165, 1.54) is 20.3 Å². The minimum absolute atomic E-state index is 0.0499. The number of benzene rings is 2. The van der Waals surface area contributed by atoms with Crippen LogP contribution in [0.4, 0.5) is 0 Å². The number of aliphatic hydroxyl groups is 1. The standard InChI is InChI=1S/C20H18O7/c1-26-11-5-3-4-9-13(11)19(24)16-15(17(9)22)18(23)10-6-8(21)7-12(27-2)14(10)20(16)25/h3-5,8,12,21,23,25H,6-7H2,1-2H3. The van der Waals surface area contributed by atoms with Crippen LogP contribution in [0, 0.1) is 0 Å². The van der Waals surface area contributed by atoms with E-state index in [4.69, 9.17) is 9.47 Å². The maximum Gasteiger partial charge on any atom is 0.202 e. The molecule has 0 amide bonds. The van der Waals surface area contributed by atoms with E-state index in [0.717, 1.165) is 0 Å². The highest BCUT2D eigenvalue weighted by Crippen LogP contribution is 2.49. The molecule has 2 aromatic rings. The lowest BCUT2D eigenvalue weighted by atomic mass is 9.76. The molecule has 0 heterocycles. The number of rotatable bonds is 2. The van der Waals surface area contributed by atoms with E-state index in [1.807, 2.05) is 0 Å². The van der Waals surface area contributed by atoms with Gasteiger partial charge in [0, 0.05) is 36.6 Å². The number of hydrogen-bond acceptors (Lipinski definition) is 7. The summed E-state index contributed by atoms with van der Waals surface area (Å²) in [4.78, 5) is 26.2. The number of fused-ring (bicyclic) bond motifs is 3. The van der Waals surface area contributed by atoms with Crippen LogP contribution < -0.4 is 4.74 Å². The highest BCUT2D eigenvalue weighted by Gasteiger charge is 2.42. The Morgan fingerprint density at radius 1 is 1.00 bits per heavy atom. The molecule has 2 atom stereocenters. The first kappa shape index (κ1) is 17.5. The summed E-state index contributed by atoms with van der Waals surface area (Å²) < 4.78 is 10.5. The number of carbonyl (C=O) groups excluding carboxylic acids is 2. The molecule has 0 fully saturated rings. The second-order valence-corrected chi connectivity index (χ2v) is 6.70. The lowest BCUT2D eigenvalue weighted by Crippen LogP contribution is -2.28. The SMILES string of the molecule is COc1cccc2c1C(=O)c1c(O)c3c(c(O)c1C2=O)CC(O)CC3OC. The summed E-state index contributed by atoms with van der Waals surface area (Å²) in [5, 5.41) is 31.8. The molecule has 0 radical (unpaired) electrons. The quantitative estimate of drug-likeness (QED) is 0.590. The lowest BCUT2D eigenvalue weighted by Gasteiger charge is -2.32. The molecule has 27 heavy (non-hydrogen) atoms. The molecular weight excluding hydrogens is 352 g/mol. The molecule has 0 aliphatic heterocycles. The molecule has 2 aliphatic carbocycles. The third-order valence-electron chi connectivity index (χ3n) is 5.29. The molecule has 0 bridgehead atoms. The molecule has 2 aromatic carbocycles. The number of methoxy groups -OCH3 is 2. The predicted molar refractivity (Wildman–Crippen MR) is 93.7 cm³/mol. The van der Waals surface area contributed by atoms with Crippen LogP contribution in [-0.2, 0) is 11.2 Å². The Morgan fingerprint density at radius 2 is 1.70 bits per heavy atom. The molecule has 7 heteroatoms. The first-order chi connectivity index (χ1) is 12.9. The summed E-state index contributed by atoms with van der Waals surface area (Å²) in [5.74, 6) is -1.76. The van der Waals surface area contributed by atoms with E-state index in [1.54, 1.807) is 12.1 Å². The summed E-state index contributed by atoms with van der Waals surface area (Å²) in [7, 11) is 2.79. The summed E-state index contributed by atoms with van der Waals surface area (Å²) in [5.41, 5.74) is 0.105. The van der Waals surface area contributed by atoms with Crippen molar-refractivity contribution in [1.29, 1.82) is 0 Å². The van der Waals surface area contributed by atoms with Gasteiger partial charge in [0.05, 0.1) is 36.0 Å². The average Bonchev–Trinajstić information content (AvgIpc) is 2.67. The van der Waals surface area contributed by atoms with E-state index in [-0.39, 0.29) is 52.0 Å². The van der Waals surface area contributed by atoms with Crippen molar-refractivity contribution in [2.45, 2.75) is 25.0 Å². The Morgan fingerprint density at radius 3 is 2.37 bits per heavy atom. The Kier molecular flexibility index (Phi) is 3.94. The van der Waals surface area contributed by atoms with Crippen LogP contribution in [0.5, 0.6) is 17.2 Å². The van der Waals surface area contributed by atoms with Crippen LogP contribution in [0.15, 0.2) is 18.2 Å². The Labute approximate surface area is 154 Å². The topological polar surface area (TPSA) is 113 Å². The van der Waals surface area contributed by atoms with Gasteiger partial charge in [-0.25, -0.2) is 0 Å². The molecule has 7 nitrogen and oxygen atoms in total. The van der Waals surface area contributed by atoms with Crippen molar-refractivity contribution in [1.82, 2.24) is 0 Å². The van der Waals surface area contributed by atoms with E-state index >= 15 is 0 Å². The van der Waals surface area contributed by atoms with Crippen molar-refractivity contribution in [3.8, 4) is 17.2 Å². The maximum absolute atomic E-state index is 13.2. The van der Waals surface area contributed by atoms with Crippen molar-refractivity contribution in [3.63, 3.8) is 0 Å².